The van der Waals surface area contributed by atoms with Gasteiger partial charge in [0.15, 0.2) is 10.8 Å². The molecule has 20 heavy (non-hydrogen) atoms. The number of rotatable bonds is 3. The predicted molar refractivity (Wildman–Crippen MR) is 64.9 cm³/mol. The summed E-state index contributed by atoms with van der Waals surface area (Å²) in [4.78, 5) is 47.6. The number of piperidine rings is 1. The Morgan fingerprint density at radius 1 is 1.10 bits per heavy atom. The summed E-state index contributed by atoms with van der Waals surface area (Å²) in [6.07, 6.45) is 4.35. The molecule has 0 aromatic rings. The highest BCUT2D eigenvalue weighted by atomic mass is 16.4. The van der Waals surface area contributed by atoms with Crippen molar-refractivity contribution in [2.45, 2.75) is 32.1 Å². The van der Waals surface area contributed by atoms with Gasteiger partial charge in [0.2, 0.25) is 17.7 Å². The van der Waals surface area contributed by atoms with Gasteiger partial charge in [0.1, 0.15) is 0 Å². The SMILES string of the molecule is NC(=O)[C@@]12C(=O)NC(=O)[C@]1(C(=O)O)[C@H]2C1CCCCC1. The van der Waals surface area contributed by atoms with Gasteiger partial charge >= 0.3 is 5.97 Å². The second-order valence-corrected chi connectivity index (χ2v) is 5.94. The van der Waals surface area contributed by atoms with Gasteiger partial charge in [-0.15, -0.1) is 0 Å². The van der Waals surface area contributed by atoms with E-state index in [9.17, 15) is 24.3 Å². The fourth-order valence-electron chi connectivity index (χ4n) is 4.48. The molecule has 2 saturated carbocycles. The third-order valence-electron chi connectivity index (χ3n) is 5.26. The number of nitrogens with two attached hydrogens (primary N) is 1. The first-order chi connectivity index (χ1) is 9.41. The van der Waals surface area contributed by atoms with Crippen molar-refractivity contribution < 1.29 is 24.3 Å². The van der Waals surface area contributed by atoms with E-state index in [1.807, 2.05) is 5.32 Å². The number of carbonyl (C=O) groups is 4. The predicted octanol–water partition coefficient (Wildman–Crippen LogP) is -0.604. The van der Waals surface area contributed by atoms with Crippen LogP contribution in [-0.4, -0.2) is 28.8 Å². The van der Waals surface area contributed by atoms with Crippen LogP contribution in [0.25, 0.3) is 0 Å². The fourth-order valence-corrected chi connectivity index (χ4v) is 4.48. The Hall–Kier alpha value is -1.92. The Kier molecular flexibility index (Phi) is 2.49. The lowest BCUT2D eigenvalue weighted by atomic mass is 9.81. The van der Waals surface area contributed by atoms with Gasteiger partial charge in [0.25, 0.3) is 0 Å². The molecule has 7 heteroatoms. The minimum atomic E-state index is -1.97. The topological polar surface area (TPSA) is 127 Å². The summed E-state index contributed by atoms with van der Waals surface area (Å²) in [6.45, 7) is 0. The molecule has 3 amide bonds. The minimum absolute atomic E-state index is 0.109. The molecule has 0 unspecified atom stereocenters. The zero-order valence-corrected chi connectivity index (χ0v) is 10.8. The molecular weight excluding hydrogens is 264 g/mol. The second kappa shape index (κ2) is 3.80. The molecule has 4 N–H and O–H groups in total. The zero-order chi connectivity index (χ0) is 14.7. The van der Waals surface area contributed by atoms with Crippen LogP contribution in [0.2, 0.25) is 0 Å². The Balaban J connectivity index is 2.10. The number of imide groups is 1. The lowest BCUT2D eigenvalue weighted by Crippen LogP contribution is -2.40. The molecular formula is C13H16N2O5. The largest absolute Gasteiger partial charge is 0.480 e. The first-order valence-corrected chi connectivity index (χ1v) is 6.81. The van der Waals surface area contributed by atoms with Gasteiger partial charge in [-0.05, 0) is 5.92 Å². The standard InChI is InChI=1S/C13H16N2O5/c14-8(16)12-7(6-4-2-1-3-5-6)13(12,11(19)20)10(18)15-9(12)17/h6-7H,1-5H2,(H2,14,16)(H,19,20)(H,15,17,18)/t7-,12-,13-/m0/s1. The molecule has 0 radical (unpaired) electrons. The van der Waals surface area contributed by atoms with Gasteiger partial charge in [0.05, 0.1) is 0 Å². The van der Waals surface area contributed by atoms with E-state index in [0.717, 1.165) is 32.1 Å². The molecule has 1 heterocycles. The van der Waals surface area contributed by atoms with Gasteiger partial charge in [0, 0.05) is 5.92 Å². The van der Waals surface area contributed by atoms with E-state index in [0.29, 0.717) is 0 Å². The van der Waals surface area contributed by atoms with Crippen LogP contribution in [0, 0.1) is 22.7 Å². The molecule has 0 aromatic carbocycles. The zero-order valence-electron chi connectivity index (χ0n) is 10.8. The van der Waals surface area contributed by atoms with Gasteiger partial charge < -0.3 is 10.8 Å². The molecule has 108 valence electrons. The number of primary amides is 1. The maximum atomic E-state index is 12.1. The highest BCUT2D eigenvalue weighted by Gasteiger charge is 2.95. The van der Waals surface area contributed by atoms with E-state index < -0.39 is 40.4 Å². The summed E-state index contributed by atoms with van der Waals surface area (Å²) in [6, 6.07) is 0. The summed E-state index contributed by atoms with van der Waals surface area (Å²) in [5.41, 5.74) is 1.48. The van der Waals surface area contributed by atoms with Crippen molar-refractivity contribution in [1.29, 1.82) is 0 Å². The number of aliphatic carboxylic acids is 1. The number of nitrogens with one attached hydrogen (secondary N) is 1. The molecule has 1 saturated heterocycles. The number of fused-ring (bicyclic) bond motifs is 1. The number of carboxylic acids is 1. The molecule has 3 fully saturated rings. The van der Waals surface area contributed by atoms with Crippen molar-refractivity contribution >= 4 is 23.7 Å². The lowest BCUT2D eigenvalue weighted by Gasteiger charge is -2.24. The van der Waals surface area contributed by atoms with E-state index in [1.165, 1.54) is 0 Å². The third kappa shape index (κ3) is 1.12. The smallest absolute Gasteiger partial charge is 0.321 e. The summed E-state index contributed by atoms with van der Waals surface area (Å²) in [5.74, 6) is -5.04. The molecule has 7 nitrogen and oxygen atoms in total. The maximum absolute atomic E-state index is 12.1. The Labute approximate surface area is 114 Å². The van der Waals surface area contributed by atoms with Crippen LogP contribution in [0.5, 0.6) is 0 Å². The van der Waals surface area contributed by atoms with Crippen LogP contribution in [0.3, 0.4) is 0 Å². The van der Waals surface area contributed by atoms with Gasteiger partial charge in [-0.2, -0.15) is 0 Å². The van der Waals surface area contributed by atoms with Crippen LogP contribution in [0.1, 0.15) is 32.1 Å². The Bertz CT molecular complexity index is 501. The number of hydrogen-bond donors (Lipinski definition) is 3. The second-order valence-electron chi connectivity index (χ2n) is 5.94. The normalized spacial score (nSPS) is 40.1. The van der Waals surface area contributed by atoms with Crippen LogP contribution in [0.4, 0.5) is 0 Å². The van der Waals surface area contributed by atoms with Crippen LogP contribution >= 0.6 is 0 Å². The van der Waals surface area contributed by atoms with Crippen LogP contribution in [0.15, 0.2) is 0 Å². The summed E-state index contributed by atoms with van der Waals surface area (Å²) in [5, 5.41) is 11.5. The lowest BCUT2D eigenvalue weighted by molar-refractivity contribution is -0.151. The minimum Gasteiger partial charge on any atom is -0.480 e. The van der Waals surface area contributed by atoms with E-state index in [1.54, 1.807) is 0 Å². The average molecular weight is 280 g/mol. The third-order valence-corrected chi connectivity index (χ3v) is 5.26. The summed E-state index contributed by atoms with van der Waals surface area (Å²) >= 11 is 0. The molecule has 1 aliphatic heterocycles. The number of carboxylic acid groups (broad SMARTS) is 1. The van der Waals surface area contributed by atoms with Crippen molar-refractivity contribution in [3.8, 4) is 0 Å². The van der Waals surface area contributed by atoms with E-state index in [4.69, 9.17) is 5.73 Å². The van der Waals surface area contributed by atoms with Crippen LogP contribution < -0.4 is 11.1 Å². The van der Waals surface area contributed by atoms with Gasteiger partial charge in [-0.25, -0.2) is 0 Å². The summed E-state index contributed by atoms with van der Waals surface area (Å²) in [7, 11) is 0. The monoisotopic (exact) mass is 280 g/mol. The highest BCUT2D eigenvalue weighted by Crippen LogP contribution is 2.75. The van der Waals surface area contributed by atoms with Crippen molar-refractivity contribution in [3.63, 3.8) is 0 Å². The molecule has 0 aromatic heterocycles. The van der Waals surface area contributed by atoms with Crippen molar-refractivity contribution in [3.05, 3.63) is 0 Å². The molecule has 3 rings (SSSR count). The molecule has 2 aliphatic carbocycles. The average Bonchev–Trinajstić information content (AvgIpc) is 2.99. The Morgan fingerprint density at radius 2 is 1.65 bits per heavy atom. The maximum Gasteiger partial charge on any atom is 0.321 e. The van der Waals surface area contributed by atoms with Crippen molar-refractivity contribution in [2.24, 2.45) is 28.4 Å². The highest BCUT2D eigenvalue weighted by molar-refractivity contribution is 6.32. The number of amides is 3. The first-order valence-electron chi connectivity index (χ1n) is 6.81. The molecule has 0 spiro atoms. The number of hydrogen-bond acceptors (Lipinski definition) is 4. The first kappa shape index (κ1) is 13.1. The van der Waals surface area contributed by atoms with Crippen molar-refractivity contribution in [1.82, 2.24) is 5.32 Å². The molecule has 3 aliphatic rings. The van der Waals surface area contributed by atoms with Gasteiger partial charge in [-0.1, -0.05) is 32.1 Å². The van der Waals surface area contributed by atoms with E-state index >= 15 is 0 Å². The fraction of sp³-hybridized carbons (Fsp3) is 0.692. The quantitative estimate of drug-likeness (QED) is 0.470. The molecule has 3 atom stereocenters. The van der Waals surface area contributed by atoms with Crippen molar-refractivity contribution in [2.75, 3.05) is 0 Å². The van der Waals surface area contributed by atoms with E-state index in [2.05, 4.69) is 0 Å². The number of carbonyl (C=O) groups excluding carboxylic acids is 3. The van der Waals surface area contributed by atoms with Crippen LogP contribution in [-0.2, 0) is 19.2 Å². The van der Waals surface area contributed by atoms with Gasteiger partial charge in [-0.3, -0.25) is 24.5 Å². The summed E-state index contributed by atoms with van der Waals surface area (Å²) < 4.78 is 0. The van der Waals surface area contributed by atoms with E-state index in [-0.39, 0.29) is 5.92 Å². The Morgan fingerprint density at radius 3 is 2.10 bits per heavy atom. The molecule has 0 bridgehead atoms.